The molecular weight excluding hydrogens is 533 g/mol. The van der Waals surface area contributed by atoms with Crippen molar-refractivity contribution in [1.82, 2.24) is 9.62 Å². The van der Waals surface area contributed by atoms with Crippen molar-refractivity contribution < 1.29 is 39.9 Å². The summed E-state index contributed by atoms with van der Waals surface area (Å²) in [5.74, 6) is -7.18. The number of nitriles is 1. The molecule has 3 fully saturated rings. The van der Waals surface area contributed by atoms with Crippen LogP contribution in [0.4, 0.5) is 22.0 Å². The number of benzene rings is 2. The molecule has 0 radical (unpaired) electrons. The van der Waals surface area contributed by atoms with Crippen molar-refractivity contribution in [2.45, 2.75) is 49.1 Å². The number of halogens is 5. The minimum Gasteiger partial charge on any atom is -0.352 e. The average molecular weight is 556 g/mol. The molecule has 2 heterocycles. The van der Waals surface area contributed by atoms with E-state index in [1.54, 1.807) is 0 Å². The van der Waals surface area contributed by atoms with E-state index in [1.165, 1.54) is 23.1 Å². The lowest BCUT2D eigenvalue weighted by atomic mass is 9.90. The average Bonchev–Trinajstić information content (AvgIpc) is 3.54. The summed E-state index contributed by atoms with van der Waals surface area (Å²) in [6.45, 7) is 0.126. The van der Waals surface area contributed by atoms with Gasteiger partial charge in [-0.2, -0.15) is 14.0 Å². The van der Waals surface area contributed by atoms with Crippen molar-refractivity contribution in [2.75, 3.05) is 13.2 Å². The number of nitrogens with zero attached hydrogens (tertiary/aromatic N) is 2. The molecule has 38 heavy (non-hydrogen) atoms. The smallest absolute Gasteiger partial charge is 0.350 e. The van der Waals surface area contributed by atoms with Crippen molar-refractivity contribution in [2.24, 2.45) is 5.41 Å². The molecule has 3 aliphatic rings. The Bertz CT molecular complexity index is 1420. The van der Waals surface area contributed by atoms with Crippen molar-refractivity contribution >= 4 is 15.9 Å². The summed E-state index contributed by atoms with van der Waals surface area (Å²) < 4.78 is 102. The number of carbonyl (C=O) groups is 1. The maximum Gasteiger partial charge on any atom is 0.350 e. The Labute approximate surface area is 215 Å². The number of amides is 1. The predicted molar refractivity (Wildman–Crippen MR) is 123 cm³/mol. The number of alkyl halides is 2. The van der Waals surface area contributed by atoms with Gasteiger partial charge in [0.1, 0.15) is 23.5 Å². The molecule has 202 valence electrons. The van der Waals surface area contributed by atoms with Crippen LogP contribution in [0.5, 0.6) is 0 Å². The number of nitrogens with one attached hydrogen (secondary N) is 1. The number of hydrogen-bond donors (Lipinski definition) is 1. The van der Waals surface area contributed by atoms with E-state index in [4.69, 9.17) is 4.74 Å². The molecule has 1 N–H and O–H groups in total. The van der Waals surface area contributed by atoms with E-state index < -0.39 is 62.2 Å². The highest BCUT2D eigenvalue weighted by molar-refractivity contribution is 7.89. The van der Waals surface area contributed by atoms with Gasteiger partial charge in [0.15, 0.2) is 0 Å². The summed E-state index contributed by atoms with van der Waals surface area (Å²) >= 11 is 0. The second-order valence-electron chi connectivity index (χ2n) is 9.94. The van der Waals surface area contributed by atoms with Gasteiger partial charge in [0, 0.05) is 36.1 Å². The van der Waals surface area contributed by atoms with E-state index in [1.807, 2.05) is 10.8 Å². The highest BCUT2D eigenvalue weighted by atomic mass is 32.2. The Morgan fingerprint density at radius 3 is 2.34 bits per heavy atom. The van der Waals surface area contributed by atoms with E-state index >= 15 is 4.39 Å². The minimum absolute atomic E-state index is 0.0316. The van der Waals surface area contributed by atoms with Gasteiger partial charge in [-0.1, -0.05) is 18.2 Å². The normalized spacial score (nSPS) is 25.9. The molecule has 2 saturated heterocycles. The lowest BCUT2D eigenvalue weighted by molar-refractivity contribution is -0.172. The monoisotopic (exact) mass is 555 g/mol. The van der Waals surface area contributed by atoms with Gasteiger partial charge < -0.3 is 9.64 Å². The topological polar surface area (TPSA) is 99.5 Å². The van der Waals surface area contributed by atoms with Gasteiger partial charge in [0.2, 0.25) is 5.60 Å². The number of hydrogen-bond acceptors (Lipinski definition) is 5. The fraction of sp³-hybridized carbons (Fsp3) is 0.440. The zero-order valence-corrected chi connectivity index (χ0v) is 20.6. The van der Waals surface area contributed by atoms with Gasteiger partial charge in [0.05, 0.1) is 12.6 Å². The molecule has 2 aliphatic heterocycles. The first-order valence-electron chi connectivity index (χ1n) is 11.8. The van der Waals surface area contributed by atoms with Gasteiger partial charge in [-0.15, -0.1) is 0 Å². The lowest BCUT2D eigenvalue weighted by Crippen LogP contribution is -2.59. The van der Waals surface area contributed by atoms with Gasteiger partial charge in [-0.05, 0) is 42.5 Å². The molecular formula is C25H22F5N3O4S. The van der Waals surface area contributed by atoms with Crippen LogP contribution in [0, 0.1) is 34.2 Å². The molecule has 7 nitrogen and oxygen atoms in total. The van der Waals surface area contributed by atoms with E-state index in [9.17, 15) is 36.0 Å². The fourth-order valence-corrected chi connectivity index (χ4v) is 6.26. The summed E-state index contributed by atoms with van der Waals surface area (Å²) in [7, 11) is -5.09. The highest BCUT2D eigenvalue weighted by Crippen LogP contribution is 2.56. The van der Waals surface area contributed by atoms with E-state index in [2.05, 4.69) is 0 Å². The Morgan fingerprint density at radius 1 is 1.16 bits per heavy atom. The van der Waals surface area contributed by atoms with Crippen LogP contribution in [-0.4, -0.2) is 55.8 Å². The molecule has 13 heteroatoms. The lowest BCUT2D eigenvalue weighted by Gasteiger charge is -2.39. The Kier molecular flexibility index (Phi) is 6.48. The van der Waals surface area contributed by atoms with Crippen molar-refractivity contribution in [3.05, 3.63) is 59.4 Å². The zero-order chi connectivity index (χ0) is 27.5. The van der Waals surface area contributed by atoms with E-state index in [-0.39, 0.29) is 42.7 Å². The maximum atomic E-state index is 15.7. The van der Waals surface area contributed by atoms with Crippen LogP contribution < -0.4 is 4.72 Å². The first-order valence-corrected chi connectivity index (χ1v) is 13.4. The molecule has 3 atom stereocenters. The molecule has 1 spiro atoms. The zero-order valence-electron chi connectivity index (χ0n) is 19.8. The number of sulfonamides is 1. The summed E-state index contributed by atoms with van der Waals surface area (Å²) in [5, 5.41) is 9.61. The third-order valence-corrected chi connectivity index (χ3v) is 8.67. The molecule has 1 saturated carbocycles. The van der Waals surface area contributed by atoms with Crippen LogP contribution in [-0.2, 0) is 26.0 Å². The van der Waals surface area contributed by atoms with Gasteiger partial charge >= 0.3 is 5.76 Å². The van der Waals surface area contributed by atoms with Crippen LogP contribution in [0.1, 0.15) is 24.8 Å². The predicted octanol–water partition coefficient (Wildman–Crippen LogP) is 3.50. The second-order valence-corrected chi connectivity index (χ2v) is 11.6. The van der Waals surface area contributed by atoms with Gasteiger partial charge in [-0.3, -0.25) is 4.79 Å². The van der Waals surface area contributed by atoms with E-state index in [0.29, 0.717) is 18.9 Å². The highest BCUT2D eigenvalue weighted by Gasteiger charge is 2.64. The third kappa shape index (κ3) is 4.44. The van der Waals surface area contributed by atoms with Crippen molar-refractivity contribution in [3.8, 4) is 17.2 Å². The summed E-state index contributed by atoms with van der Waals surface area (Å²) in [6, 6.07) is 6.13. The second kappa shape index (κ2) is 9.29. The molecule has 1 amide bonds. The molecule has 2 aromatic carbocycles. The van der Waals surface area contributed by atoms with Crippen LogP contribution in [0.2, 0.25) is 0 Å². The van der Waals surface area contributed by atoms with Crippen LogP contribution in [0.25, 0.3) is 11.1 Å². The van der Waals surface area contributed by atoms with E-state index in [0.717, 1.165) is 12.1 Å². The van der Waals surface area contributed by atoms with Crippen LogP contribution in [0.3, 0.4) is 0 Å². The quantitative estimate of drug-likeness (QED) is 0.528. The Morgan fingerprint density at radius 2 is 1.82 bits per heavy atom. The fourth-order valence-electron chi connectivity index (χ4n) is 5.39. The Balaban J connectivity index is 1.55. The Hall–Kier alpha value is -3.08. The largest absolute Gasteiger partial charge is 0.352 e. The van der Waals surface area contributed by atoms with Crippen LogP contribution >= 0.6 is 0 Å². The standard InChI is InChI=1S/C25H22F5N3O4S/c26-16-8-15(9-17(27)11-16)18-3-1-2-14(20(18)28)10-19-21(32-38(35,36)23(29)30)24(4-5-24)13-33(19)22(34)25(12-31)6-7-37-25/h1-3,8-9,11,19,21,23,32H,4-7,10,13H2/t19-,21+,25+/m0/s1. The molecule has 0 unspecified atom stereocenters. The number of ether oxygens (including phenoxy) is 1. The van der Waals surface area contributed by atoms with Gasteiger partial charge in [0.25, 0.3) is 15.9 Å². The first-order chi connectivity index (χ1) is 17.9. The molecule has 0 aromatic heterocycles. The summed E-state index contributed by atoms with van der Waals surface area (Å²) in [5.41, 5.74) is -2.90. The van der Waals surface area contributed by atoms with Crippen LogP contribution in [0.15, 0.2) is 36.4 Å². The minimum atomic E-state index is -5.09. The molecule has 0 bridgehead atoms. The van der Waals surface area contributed by atoms with Crippen molar-refractivity contribution in [3.63, 3.8) is 0 Å². The van der Waals surface area contributed by atoms with Gasteiger partial charge in [-0.25, -0.2) is 26.3 Å². The molecule has 5 rings (SSSR count). The first kappa shape index (κ1) is 26.5. The summed E-state index contributed by atoms with van der Waals surface area (Å²) in [6.07, 6.45) is 0.633. The summed E-state index contributed by atoms with van der Waals surface area (Å²) in [4.78, 5) is 14.7. The third-order valence-electron chi connectivity index (χ3n) is 7.62. The maximum absolute atomic E-state index is 15.7. The SMILES string of the molecule is N#C[C@@]1(C(=O)N2CC3(CC3)[C@H](NS(=O)(=O)C(F)F)[C@@H]2Cc2cccc(-c3cc(F)cc(F)c3)c2F)CCO1. The number of rotatable bonds is 7. The molecule has 1 aliphatic carbocycles. The number of likely N-dealkylation sites (tertiary alicyclic amines) is 1. The van der Waals surface area contributed by atoms with Crippen molar-refractivity contribution in [1.29, 1.82) is 5.26 Å². The molecule has 2 aromatic rings. The number of carbonyl (C=O) groups excluding carboxylic acids is 1.